The molecule has 0 heterocycles. The lowest BCUT2D eigenvalue weighted by molar-refractivity contribution is 0.164. The van der Waals surface area contributed by atoms with Crippen LogP contribution in [-0.4, -0.2) is 17.8 Å². The van der Waals surface area contributed by atoms with E-state index in [0.29, 0.717) is 25.1 Å². The fourth-order valence-electron chi connectivity index (χ4n) is 1.36. The quantitative estimate of drug-likeness (QED) is 0.803. The second-order valence-corrected chi connectivity index (χ2v) is 3.55. The minimum atomic E-state index is -0.525. The Bertz CT molecular complexity index is 387. The first kappa shape index (κ1) is 12.5. The van der Waals surface area contributed by atoms with E-state index in [1.165, 1.54) is 6.07 Å². The summed E-state index contributed by atoms with van der Waals surface area (Å²) in [5, 5.41) is 21.1. The monoisotopic (exact) mass is 222 g/mol. The minimum absolute atomic E-state index is 0.0217. The molecule has 0 saturated carbocycles. The summed E-state index contributed by atoms with van der Waals surface area (Å²) in [5.74, 6) is -0.525. The number of benzene rings is 1. The summed E-state index contributed by atoms with van der Waals surface area (Å²) >= 11 is 0. The molecule has 0 aliphatic rings. The smallest absolute Gasteiger partial charge is 0.143 e. The molecule has 4 heteroatoms. The Morgan fingerprint density at radius 2 is 2.31 bits per heavy atom. The van der Waals surface area contributed by atoms with Crippen LogP contribution in [0.3, 0.4) is 0 Å². The second kappa shape index (κ2) is 6.09. The maximum Gasteiger partial charge on any atom is 0.143 e. The molecule has 3 nitrogen and oxygen atoms in total. The highest BCUT2D eigenvalue weighted by atomic mass is 19.1. The Hall–Kier alpha value is -1.60. The molecule has 0 aliphatic carbocycles. The van der Waals surface area contributed by atoms with Gasteiger partial charge in [0.25, 0.3) is 0 Å². The Balaban J connectivity index is 2.61. The molecule has 0 fully saturated rings. The van der Waals surface area contributed by atoms with Crippen molar-refractivity contribution in [1.29, 1.82) is 5.26 Å². The van der Waals surface area contributed by atoms with Crippen molar-refractivity contribution < 1.29 is 9.50 Å². The number of hydrogen-bond donors (Lipinski definition) is 2. The largest absolute Gasteiger partial charge is 0.393 e. The fourth-order valence-corrected chi connectivity index (χ4v) is 1.36. The van der Waals surface area contributed by atoms with Crippen LogP contribution in [0.1, 0.15) is 25.3 Å². The first-order valence-corrected chi connectivity index (χ1v) is 5.29. The van der Waals surface area contributed by atoms with Crippen LogP contribution < -0.4 is 5.32 Å². The van der Waals surface area contributed by atoms with E-state index in [-0.39, 0.29) is 11.7 Å². The standard InChI is InChI=1S/C12H15FN2O/c1-2-9(16)6-7-15-12-5-3-4-11(13)10(12)8-14/h3-5,9,15-16H,2,6-7H2,1H3. The molecule has 0 aliphatic heterocycles. The van der Waals surface area contributed by atoms with Crippen LogP contribution in [0.2, 0.25) is 0 Å². The molecule has 1 rings (SSSR count). The first-order valence-electron chi connectivity index (χ1n) is 5.29. The van der Waals surface area contributed by atoms with Crippen molar-refractivity contribution in [2.24, 2.45) is 0 Å². The molecule has 0 aromatic heterocycles. The summed E-state index contributed by atoms with van der Waals surface area (Å²) < 4.78 is 13.2. The normalized spacial score (nSPS) is 11.9. The topological polar surface area (TPSA) is 56.0 Å². The number of halogens is 1. The third-order valence-electron chi connectivity index (χ3n) is 2.39. The molecular weight excluding hydrogens is 207 g/mol. The average Bonchev–Trinajstić information content (AvgIpc) is 2.29. The predicted octanol–water partition coefficient (Wildman–Crippen LogP) is 2.27. The van der Waals surface area contributed by atoms with Gasteiger partial charge in [-0.1, -0.05) is 13.0 Å². The number of nitriles is 1. The fraction of sp³-hybridized carbons (Fsp3) is 0.417. The molecule has 1 aromatic carbocycles. The number of aliphatic hydroxyl groups excluding tert-OH is 1. The number of anilines is 1. The Labute approximate surface area is 94.5 Å². The Morgan fingerprint density at radius 1 is 1.56 bits per heavy atom. The van der Waals surface area contributed by atoms with Crippen LogP contribution in [-0.2, 0) is 0 Å². The molecular formula is C12H15FN2O. The van der Waals surface area contributed by atoms with Crippen LogP contribution in [0.25, 0.3) is 0 Å². The van der Waals surface area contributed by atoms with Crippen LogP contribution >= 0.6 is 0 Å². The van der Waals surface area contributed by atoms with E-state index in [4.69, 9.17) is 5.26 Å². The summed E-state index contributed by atoms with van der Waals surface area (Å²) in [7, 11) is 0. The van der Waals surface area contributed by atoms with Crippen LogP contribution in [0.15, 0.2) is 18.2 Å². The number of aliphatic hydroxyl groups is 1. The van der Waals surface area contributed by atoms with Crippen molar-refractivity contribution in [2.75, 3.05) is 11.9 Å². The predicted molar refractivity (Wildman–Crippen MR) is 60.5 cm³/mol. The lowest BCUT2D eigenvalue weighted by atomic mass is 10.1. The third-order valence-corrected chi connectivity index (χ3v) is 2.39. The molecule has 1 atom stereocenters. The molecule has 0 saturated heterocycles. The molecule has 16 heavy (non-hydrogen) atoms. The van der Waals surface area contributed by atoms with E-state index in [9.17, 15) is 9.50 Å². The van der Waals surface area contributed by atoms with Gasteiger partial charge >= 0.3 is 0 Å². The van der Waals surface area contributed by atoms with Gasteiger partial charge in [0.15, 0.2) is 0 Å². The number of hydrogen-bond acceptors (Lipinski definition) is 3. The van der Waals surface area contributed by atoms with Crippen molar-refractivity contribution in [3.63, 3.8) is 0 Å². The highest BCUT2D eigenvalue weighted by Crippen LogP contribution is 2.17. The highest BCUT2D eigenvalue weighted by molar-refractivity contribution is 5.57. The van der Waals surface area contributed by atoms with Crippen molar-refractivity contribution in [2.45, 2.75) is 25.9 Å². The molecule has 0 bridgehead atoms. The van der Waals surface area contributed by atoms with E-state index in [2.05, 4.69) is 5.32 Å². The molecule has 0 amide bonds. The van der Waals surface area contributed by atoms with E-state index in [1.54, 1.807) is 12.1 Å². The molecule has 0 spiro atoms. The van der Waals surface area contributed by atoms with Crippen molar-refractivity contribution in [1.82, 2.24) is 0 Å². The SMILES string of the molecule is CCC(O)CCNc1cccc(F)c1C#N. The van der Waals surface area contributed by atoms with Gasteiger partial charge < -0.3 is 10.4 Å². The van der Waals surface area contributed by atoms with Gasteiger partial charge in [0.2, 0.25) is 0 Å². The Morgan fingerprint density at radius 3 is 2.94 bits per heavy atom. The van der Waals surface area contributed by atoms with E-state index < -0.39 is 5.82 Å². The molecule has 2 N–H and O–H groups in total. The van der Waals surface area contributed by atoms with Crippen LogP contribution in [0, 0.1) is 17.1 Å². The van der Waals surface area contributed by atoms with Gasteiger partial charge in [0.05, 0.1) is 11.8 Å². The third kappa shape index (κ3) is 3.21. The lowest BCUT2D eigenvalue weighted by Gasteiger charge is -2.11. The number of nitrogens with one attached hydrogen (secondary N) is 1. The summed E-state index contributed by atoms with van der Waals surface area (Å²) in [6.45, 7) is 2.42. The molecule has 1 unspecified atom stereocenters. The van der Waals surface area contributed by atoms with Crippen molar-refractivity contribution in [3.8, 4) is 6.07 Å². The Kier molecular flexibility index (Phi) is 4.74. The number of rotatable bonds is 5. The van der Waals surface area contributed by atoms with Gasteiger partial charge in [-0.05, 0) is 25.0 Å². The zero-order valence-electron chi connectivity index (χ0n) is 9.20. The molecule has 1 aromatic rings. The van der Waals surface area contributed by atoms with Gasteiger partial charge in [-0.25, -0.2) is 4.39 Å². The molecule has 0 radical (unpaired) electrons. The molecule has 86 valence electrons. The second-order valence-electron chi connectivity index (χ2n) is 3.55. The van der Waals surface area contributed by atoms with Gasteiger partial charge in [-0.15, -0.1) is 0 Å². The summed E-state index contributed by atoms with van der Waals surface area (Å²) in [5.41, 5.74) is 0.499. The maximum absolute atomic E-state index is 13.2. The van der Waals surface area contributed by atoms with Gasteiger partial charge in [0, 0.05) is 6.54 Å². The maximum atomic E-state index is 13.2. The van der Waals surface area contributed by atoms with Gasteiger partial charge in [-0.2, -0.15) is 5.26 Å². The van der Waals surface area contributed by atoms with Gasteiger partial charge in [-0.3, -0.25) is 0 Å². The number of nitrogens with zero attached hydrogens (tertiary/aromatic N) is 1. The zero-order valence-corrected chi connectivity index (χ0v) is 9.20. The summed E-state index contributed by atoms with van der Waals surface area (Å²) in [6.07, 6.45) is 0.917. The van der Waals surface area contributed by atoms with Crippen LogP contribution in [0.4, 0.5) is 10.1 Å². The highest BCUT2D eigenvalue weighted by Gasteiger charge is 2.07. The van der Waals surface area contributed by atoms with E-state index in [1.807, 2.05) is 13.0 Å². The summed E-state index contributed by atoms with van der Waals surface area (Å²) in [4.78, 5) is 0. The van der Waals surface area contributed by atoms with E-state index >= 15 is 0 Å². The van der Waals surface area contributed by atoms with Crippen LogP contribution in [0.5, 0.6) is 0 Å². The van der Waals surface area contributed by atoms with Crippen molar-refractivity contribution >= 4 is 5.69 Å². The van der Waals surface area contributed by atoms with Gasteiger partial charge in [0.1, 0.15) is 17.4 Å². The average molecular weight is 222 g/mol. The first-order chi connectivity index (χ1) is 7.69. The summed E-state index contributed by atoms with van der Waals surface area (Å²) in [6, 6.07) is 6.27. The lowest BCUT2D eigenvalue weighted by Crippen LogP contribution is -2.13. The minimum Gasteiger partial charge on any atom is -0.393 e. The zero-order chi connectivity index (χ0) is 12.0. The van der Waals surface area contributed by atoms with E-state index in [0.717, 1.165) is 0 Å². The van der Waals surface area contributed by atoms with Crippen molar-refractivity contribution in [3.05, 3.63) is 29.6 Å².